The number of cyclic esters (lactones) is 1. The normalized spacial score (nSPS) is 20.1. The lowest BCUT2D eigenvalue weighted by atomic mass is 10.0. The molecule has 2 aromatic rings. The fourth-order valence-electron chi connectivity index (χ4n) is 3.05. The molecule has 2 heterocycles. The van der Waals surface area contributed by atoms with Crippen molar-refractivity contribution in [2.24, 2.45) is 0 Å². The van der Waals surface area contributed by atoms with E-state index in [1.165, 1.54) is 0 Å². The Kier molecular flexibility index (Phi) is 5.31. The Morgan fingerprint density at radius 3 is 2.64 bits per heavy atom. The largest absolute Gasteiger partial charge is 0.458 e. The molecule has 1 fully saturated rings. The van der Waals surface area contributed by atoms with Gasteiger partial charge in [0, 0.05) is 23.5 Å². The quantitative estimate of drug-likeness (QED) is 0.680. The molecule has 0 bridgehead atoms. The van der Waals surface area contributed by atoms with E-state index in [2.05, 4.69) is 15.6 Å². The van der Waals surface area contributed by atoms with Crippen molar-refractivity contribution in [3.05, 3.63) is 36.0 Å². The van der Waals surface area contributed by atoms with Crippen LogP contribution in [0.1, 0.15) is 33.3 Å². The van der Waals surface area contributed by atoms with Gasteiger partial charge in [-0.05, 0) is 39.3 Å². The van der Waals surface area contributed by atoms with Gasteiger partial charge >= 0.3 is 12.1 Å². The van der Waals surface area contributed by atoms with E-state index in [1.54, 1.807) is 27.7 Å². The van der Waals surface area contributed by atoms with Gasteiger partial charge in [0.25, 0.3) is 0 Å². The van der Waals surface area contributed by atoms with E-state index in [0.717, 1.165) is 16.5 Å². The number of aromatic amines is 1. The van der Waals surface area contributed by atoms with E-state index in [1.807, 2.05) is 30.5 Å². The van der Waals surface area contributed by atoms with Gasteiger partial charge in [-0.1, -0.05) is 18.2 Å². The third-order valence-electron chi connectivity index (χ3n) is 4.43. The highest BCUT2D eigenvalue weighted by molar-refractivity contribution is 5.93. The summed E-state index contributed by atoms with van der Waals surface area (Å²) in [5.74, 6) is -0.950. The molecule has 1 aliphatic heterocycles. The van der Waals surface area contributed by atoms with Crippen molar-refractivity contribution in [3.8, 4) is 0 Å². The molecule has 0 aliphatic carbocycles. The van der Waals surface area contributed by atoms with Crippen LogP contribution in [0, 0.1) is 0 Å². The first-order chi connectivity index (χ1) is 13.1. The number of nitrogens with one attached hydrogen (secondary N) is 3. The van der Waals surface area contributed by atoms with Crippen LogP contribution in [0.25, 0.3) is 10.9 Å². The summed E-state index contributed by atoms with van der Waals surface area (Å²) in [5, 5.41) is 6.23. The Balaban J connectivity index is 1.78. The van der Waals surface area contributed by atoms with Crippen molar-refractivity contribution in [2.45, 2.75) is 57.9 Å². The predicted octanol–water partition coefficient (Wildman–Crippen LogP) is 2.03. The number of para-hydroxylation sites is 1. The number of carbonyl (C=O) groups excluding carboxylic acids is 3. The van der Waals surface area contributed by atoms with Crippen LogP contribution >= 0.6 is 0 Å². The van der Waals surface area contributed by atoms with Crippen molar-refractivity contribution in [2.75, 3.05) is 0 Å². The van der Waals surface area contributed by atoms with Crippen molar-refractivity contribution in [1.29, 1.82) is 0 Å². The van der Waals surface area contributed by atoms with Crippen molar-refractivity contribution in [3.63, 3.8) is 0 Å². The molecule has 0 spiro atoms. The van der Waals surface area contributed by atoms with Gasteiger partial charge in [-0.3, -0.25) is 4.79 Å². The standard InChI is InChI=1S/C20H25N3O5/c1-11-16(18(25)27-11)23-17(24)15(22-19(26)28-20(2,3)4)9-12-10-21-14-8-6-5-7-13(12)14/h5-8,10-11,15-16,21H,9H2,1-4H3,(H,22,26)(H,23,24)/t11-,15+,16+/m1/s1. The zero-order valence-electron chi connectivity index (χ0n) is 16.4. The van der Waals surface area contributed by atoms with E-state index >= 15 is 0 Å². The number of ether oxygens (including phenoxy) is 2. The molecule has 0 unspecified atom stereocenters. The van der Waals surface area contributed by atoms with Crippen LogP contribution in [0.15, 0.2) is 30.5 Å². The summed E-state index contributed by atoms with van der Waals surface area (Å²) in [6.45, 7) is 6.93. The number of hydrogen-bond acceptors (Lipinski definition) is 5. The molecule has 8 nitrogen and oxygen atoms in total. The monoisotopic (exact) mass is 387 g/mol. The summed E-state index contributed by atoms with van der Waals surface area (Å²) in [7, 11) is 0. The van der Waals surface area contributed by atoms with E-state index in [0.29, 0.717) is 0 Å². The van der Waals surface area contributed by atoms with Crippen LogP contribution in [0.3, 0.4) is 0 Å². The molecule has 0 saturated carbocycles. The summed E-state index contributed by atoms with van der Waals surface area (Å²) >= 11 is 0. The van der Waals surface area contributed by atoms with Gasteiger partial charge in [0.2, 0.25) is 5.91 Å². The summed E-state index contributed by atoms with van der Waals surface area (Å²) in [6, 6.07) is 6.07. The third-order valence-corrected chi connectivity index (χ3v) is 4.43. The summed E-state index contributed by atoms with van der Waals surface area (Å²) < 4.78 is 10.2. The van der Waals surface area contributed by atoms with Crippen molar-refractivity contribution >= 4 is 28.9 Å². The van der Waals surface area contributed by atoms with Crippen LogP contribution in [0.4, 0.5) is 4.79 Å². The molecule has 28 heavy (non-hydrogen) atoms. The van der Waals surface area contributed by atoms with Gasteiger partial charge in [-0.15, -0.1) is 0 Å². The molecule has 1 saturated heterocycles. The minimum Gasteiger partial charge on any atom is -0.458 e. The Hall–Kier alpha value is -3.03. The maximum absolute atomic E-state index is 12.8. The number of alkyl carbamates (subject to hydrolysis) is 1. The van der Waals surface area contributed by atoms with Crippen LogP contribution < -0.4 is 10.6 Å². The third kappa shape index (κ3) is 4.44. The number of aromatic nitrogens is 1. The second-order valence-corrected chi connectivity index (χ2v) is 7.89. The topological polar surface area (TPSA) is 110 Å². The zero-order valence-corrected chi connectivity index (χ0v) is 16.4. The van der Waals surface area contributed by atoms with Crippen LogP contribution in [0.5, 0.6) is 0 Å². The highest BCUT2D eigenvalue weighted by Gasteiger charge is 2.41. The highest BCUT2D eigenvalue weighted by Crippen LogP contribution is 2.20. The number of H-pyrrole nitrogens is 1. The first-order valence-electron chi connectivity index (χ1n) is 9.19. The summed E-state index contributed by atoms with van der Waals surface area (Å²) in [4.78, 5) is 39.8. The molecular formula is C20H25N3O5. The second-order valence-electron chi connectivity index (χ2n) is 7.89. The number of fused-ring (bicyclic) bond motifs is 1. The summed E-state index contributed by atoms with van der Waals surface area (Å²) in [6.07, 6.45) is 0.955. The SMILES string of the molecule is C[C@H]1OC(=O)[C@H]1NC(=O)[C@H](Cc1c[nH]c2ccccc12)NC(=O)OC(C)(C)C. The van der Waals surface area contributed by atoms with Gasteiger partial charge in [0.05, 0.1) is 0 Å². The minimum absolute atomic E-state index is 0.241. The van der Waals surface area contributed by atoms with Crippen molar-refractivity contribution in [1.82, 2.24) is 15.6 Å². The molecule has 3 atom stereocenters. The van der Waals surface area contributed by atoms with E-state index in [4.69, 9.17) is 9.47 Å². The zero-order chi connectivity index (χ0) is 20.5. The maximum atomic E-state index is 12.8. The molecular weight excluding hydrogens is 362 g/mol. The fourth-order valence-corrected chi connectivity index (χ4v) is 3.05. The summed E-state index contributed by atoms with van der Waals surface area (Å²) in [5.41, 5.74) is 1.11. The molecule has 2 amide bonds. The van der Waals surface area contributed by atoms with E-state index in [-0.39, 0.29) is 6.42 Å². The van der Waals surface area contributed by atoms with Gasteiger partial charge < -0.3 is 25.1 Å². The highest BCUT2D eigenvalue weighted by atomic mass is 16.6. The van der Waals surface area contributed by atoms with Crippen molar-refractivity contribution < 1.29 is 23.9 Å². The number of carbonyl (C=O) groups is 3. The lowest BCUT2D eigenvalue weighted by Crippen LogP contribution is -2.62. The molecule has 1 aliphatic rings. The lowest BCUT2D eigenvalue weighted by Gasteiger charge is -2.34. The molecule has 0 radical (unpaired) electrons. The maximum Gasteiger partial charge on any atom is 0.408 e. The van der Waals surface area contributed by atoms with E-state index < -0.39 is 41.8 Å². The van der Waals surface area contributed by atoms with Gasteiger partial charge in [0.15, 0.2) is 6.04 Å². The number of esters is 1. The minimum atomic E-state index is -0.908. The lowest BCUT2D eigenvalue weighted by molar-refractivity contribution is -0.176. The molecule has 1 aromatic carbocycles. The first kappa shape index (κ1) is 19.7. The van der Waals surface area contributed by atoms with Gasteiger partial charge in [0.1, 0.15) is 17.7 Å². The molecule has 3 rings (SSSR count). The molecule has 8 heteroatoms. The Morgan fingerprint density at radius 2 is 2.00 bits per heavy atom. The van der Waals surface area contributed by atoms with Gasteiger partial charge in [-0.2, -0.15) is 0 Å². The predicted molar refractivity (Wildman–Crippen MR) is 103 cm³/mol. The first-order valence-corrected chi connectivity index (χ1v) is 9.19. The number of hydrogen-bond donors (Lipinski definition) is 3. The Labute approximate surface area is 163 Å². The molecule has 3 N–H and O–H groups in total. The van der Waals surface area contributed by atoms with Crippen LogP contribution in [-0.4, -0.2) is 46.7 Å². The fraction of sp³-hybridized carbons (Fsp3) is 0.450. The van der Waals surface area contributed by atoms with E-state index in [9.17, 15) is 14.4 Å². The number of benzene rings is 1. The van der Waals surface area contributed by atoms with Gasteiger partial charge in [-0.25, -0.2) is 9.59 Å². The molecule has 150 valence electrons. The van der Waals surface area contributed by atoms with Crippen LogP contribution in [-0.2, 0) is 25.5 Å². The molecule has 1 aromatic heterocycles. The number of rotatable bonds is 5. The average molecular weight is 387 g/mol. The Bertz CT molecular complexity index is 899. The smallest absolute Gasteiger partial charge is 0.408 e. The Morgan fingerprint density at radius 1 is 1.29 bits per heavy atom. The second kappa shape index (κ2) is 7.53. The number of amides is 2. The van der Waals surface area contributed by atoms with Crippen LogP contribution in [0.2, 0.25) is 0 Å². The average Bonchev–Trinajstić information content (AvgIpc) is 3.00.